The summed E-state index contributed by atoms with van der Waals surface area (Å²) in [6.07, 6.45) is 1.99. The predicted octanol–water partition coefficient (Wildman–Crippen LogP) is 4.35. The van der Waals surface area contributed by atoms with Gasteiger partial charge in [-0.2, -0.15) is 0 Å². The largest absolute Gasteiger partial charge is 0.311 e. The van der Waals surface area contributed by atoms with Crippen molar-refractivity contribution >= 4 is 37.1 Å². The second-order valence-corrected chi connectivity index (χ2v) is 11.9. The van der Waals surface area contributed by atoms with E-state index in [0.29, 0.717) is 0 Å². The number of rotatable bonds is 11. The minimum absolute atomic E-state index is 0.391. The summed E-state index contributed by atoms with van der Waals surface area (Å²) in [6.45, 7) is 1.93. The maximum Gasteiger partial charge on any atom is 0.0237 e. The third-order valence-corrected chi connectivity index (χ3v) is 10.1. The molecule has 0 aliphatic rings. The van der Waals surface area contributed by atoms with E-state index < -0.39 is 15.8 Å². The Labute approximate surface area is 194 Å². The van der Waals surface area contributed by atoms with Crippen LogP contribution in [-0.4, -0.2) is 25.7 Å². The van der Waals surface area contributed by atoms with Crippen LogP contribution in [0, 0.1) is 0 Å². The lowest BCUT2D eigenvalue weighted by molar-refractivity contribution is 0.696. The summed E-state index contributed by atoms with van der Waals surface area (Å²) < 4.78 is 0. The Morgan fingerprint density at radius 2 is 0.625 bits per heavy atom. The second-order valence-electron chi connectivity index (χ2n) is 7.51. The second kappa shape index (κ2) is 12.6. The normalized spacial score (nSPS) is 11.2. The van der Waals surface area contributed by atoms with Crippen LogP contribution >= 0.6 is 15.8 Å². The minimum atomic E-state index is -0.391. The highest BCUT2D eigenvalue weighted by Gasteiger charge is 2.14. The molecule has 4 aromatic rings. The molecule has 0 aromatic heterocycles. The molecule has 0 saturated carbocycles. The van der Waals surface area contributed by atoms with Crippen molar-refractivity contribution in [2.24, 2.45) is 0 Å². The highest BCUT2D eigenvalue weighted by molar-refractivity contribution is 7.73. The Hall–Kier alpha value is -2.34. The third kappa shape index (κ3) is 6.58. The molecule has 0 spiro atoms. The fourth-order valence-electron chi connectivity index (χ4n) is 3.65. The molecule has 32 heavy (non-hydrogen) atoms. The van der Waals surface area contributed by atoms with E-state index in [1.807, 2.05) is 0 Å². The fraction of sp³-hybridized carbons (Fsp3) is 0.143. The van der Waals surface area contributed by atoms with Gasteiger partial charge in [0.2, 0.25) is 0 Å². The summed E-state index contributed by atoms with van der Waals surface area (Å²) in [5.41, 5.74) is 0. The Kier molecular flexibility index (Phi) is 9.02. The zero-order valence-corrected chi connectivity index (χ0v) is 20.1. The molecule has 0 unspecified atom stereocenters. The van der Waals surface area contributed by atoms with Crippen LogP contribution in [0.25, 0.3) is 0 Å². The Morgan fingerprint density at radius 1 is 0.375 bits per heavy atom. The van der Waals surface area contributed by atoms with Crippen LogP contribution in [0.3, 0.4) is 0 Å². The van der Waals surface area contributed by atoms with Crippen molar-refractivity contribution in [3.05, 3.63) is 121 Å². The van der Waals surface area contributed by atoms with E-state index in [1.54, 1.807) is 0 Å². The maximum absolute atomic E-state index is 3.71. The first-order valence-corrected chi connectivity index (χ1v) is 14.1. The standard InChI is InChI=1S/C28H30N2P2/c1-5-13-25(14-6-1)31(26-15-7-2-8-16-26)23-29-21-22-30-24-32(27-17-9-3-10-18-27)28-19-11-4-12-20-28/h1-20,29-30H,21-24H2. The molecule has 0 radical (unpaired) electrons. The van der Waals surface area contributed by atoms with Crippen molar-refractivity contribution in [2.75, 3.05) is 25.7 Å². The van der Waals surface area contributed by atoms with E-state index >= 15 is 0 Å². The zero-order valence-electron chi connectivity index (χ0n) is 18.3. The van der Waals surface area contributed by atoms with Crippen molar-refractivity contribution in [1.29, 1.82) is 0 Å². The molecule has 162 valence electrons. The first-order valence-electron chi connectivity index (χ1n) is 11.1. The predicted molar refractivity (Wildman–Crippen MR) is 144 cm³/mol. The van der Waals surface area contributed by atoms with E-state index in [0.717, 1.165) is 25.7 Å². The van der Waals surface area contributed by atoms with Gasteiger partial charge >= 0.3 is 0 Å². The van der Waals surface area contributed by atoms with Crippen LogP contribution in [-0.2, 0) is 0 Å². The molecule has 0 aliphatic heterocycles. The summed E-state index contributed by atoms with van der Waals surface area (Å²) >= 11 is 0. The molecule has 2 N–H and O–H groups in total. The molecule has 2 nitrogen and oxygen atoms in total. The van der Waals surface area contributed by atoms with Gasteiger partial charge in [-0.1, -0.05) is 121 Å². The summed E-state index contributed by atoms with van der Waals surface area (Å²) in [5.74, 6) is 0. The average molecular weight is 457 g/mol. The maximum atomic E-state index is 3.71. The first-order chi connectivity index (χ1) is 15.9. The molecule has 0 fully saturated rings. The van der Waals surface area contributed by atoms with Gasteiger partial charge in [0, 0.05) is 25.7 Å². The van der Waals surface area contributed by atoms with Gasteiger partial charge in [0.1, 0.15) is 0 Å². The summed E-state index contributed by atoms with van der Waals surface area (Å²) in [7, 11) is -0.783. The van der Waals surface area contributed by atoms with Gasteiger partial charge in [0.25, 0.3) is 0 Å². The molecular weight excluding hydrogens is 426 g/mol. The molecule has 0 heterocycles. The van der Waals surface area contributed by atoms with Gasteiger partial charge < -0.3 is 10.6 Å². The van der Waals surface area contributed by atoms with Crippen molar-refractivity contribution in [3.63, 3.8) is 0 Å². The van der Waals surface area contributed by atoms with Crippen molar-refractivity contribution in [2.45, 2.75) is 0 Å². The van der Waals surface area contributed by atoms with E-state index in [2.05, 4.69) is 132 Å². The van der Waals surface area contributed by atoms with Gasteiger partial charge in [-0.05, 0) is 37.1 Å². The summed E-state index contributed by atoms with van der Waals surface area (Å²) in [6, 6.07) is 43.6. The van der Waals surface area contributed by atoms with Crippen LogP contribution in [0.4, 0.5) is 0 Å². The van der Waals surface area contributed by atoms with Crippen LogP contribution in [0.5, 0.6) is 0 Å². The summed E-state index contributed by atoms with van der Waals surface area (Å²) in [4.78, 5) is 0. The van der Waals surface area contributed by atoms with E-state index in [9.17, 15) is 0 Å². The van der Waals surface area contributed by atoms with Gasteiger partial charge in [-0.3, -0.25) is 0 Å². The molecule has 4 aromatic carbocycles. The van der Waals surface area contributed by atoms with Crippen molar-refractivity contribution in [1.82, 2.24) is 10.6 Å². The lowest BCUT2D eigenvalue weighted by Crippen LogP contribution is -2.31. The third-order valence-electron chi connectivity index (χ3n) is 5.29. The Balaban J connectivity index is 1.31. The van der Waals surface area contributed by atoms with Crippen LogP contribution < -0.4 is 31.9 Å². The topological polar surface area (TPSA) is 24.1 Å². The number of hydrogen-bond acceptors (Lipinski definition) is 2. The van der Waals surface area contributed by atoms with Crippen LogP contribution in [0.15, 0.2) is 121 Å². The summed E-state index contributed by atoms with van der Waals surface area (Å²) in [5, 5.41) is 13.1. The zero-order chi connectivity index (χ0) is 21.8. The Morgan fingerprint density at radius 3 is 0.875 bits per heavy atom. The van der Waals surface area contributed by atoms with Crippen LogP contribution in [0.2, 0.25) is 0 Å². The molecule has 0 saturated heterocycles. The monoisotopic (exact) mass is 456 g/mol. The molecule has 4 rings (SSSR count). The van der Waals surface area contributed by atoms with Gasteiger partial charge in [-0.15, -0.1) is 0 Å². The molecule has 4 heteroatoms. The first kappa shape index (κ1) is 22.8. The molecular formula is C28H30N2P2. The minimum Gasteiger partial charge on any atom is -0.311 e. The lowest BCUT2D eigenvalue weighted by atomic mass is 10.4. The SMILES string of the molecule is c1ccc(P(CNCCNCP(c2ccccc2)c2ccccc2)c2ccccc2)cc1. The molecule has 0 atom stereocenters. The average Bonchev–Trinajstić information content (AvgIpc) is 2.88. The number of hydrogen-bond donors (Lipinski definition) is 2. The molecule has 0 bridgehead atoms. The van der Waals surface area contributed by atoms with Gasteiger partial charge in [0.05, 0.1) is 0 Å². The van der Waals surface area contributed by atoms with Crippen molar-refractivity contribution in [3.8, 4) is 0 Å². The number of benzene rings is 4. The fourth-order valence-corrected chi connectivity index (χ4v) is 7.87. The van der Waals surface area contributed by atoms with Gasteiger partial charge in [-0.25, -0.2) is 0 Å². The highest BCUT2D eigenvalue weighted by atomic mass is 31.1. The van der Waals surface area contributed by atoms with Gasteiger partial charge in [0.15, 0.2) is 0 Å². The highest BCUT2D eigenvalue weighted by Crippen LogP contribution is 2.32. The van der Waals surface area contributed by atoms with Crippen molar-refractivity contribution < 1.29 is 0 Å². The van der Waals surface area contributed by atoms with E-state index in [1.165, 1.54) is 21.2 Å². The number of nitrogens with one attached hydrogen (secondary N) is 2. The molecule has 0 aliphatic carbocycles. The van der Waals surface area contributed by atoms with E-state index in [4.69, 9.17) is 0 Å². The van der Waals surface area contributed by atoms with E-state index in [-0.39, 0.29) is 0 Å². The van der Waals surface area contributed by atoms with Crippen LogP contribution in [0.1, 0.15) is 0 Å². The molecule has 0 amide bonds. The lowest BCUT2D eigenvalue weighted by Gasteiger charge is -2.21. The Bertz CT molecular complexity index is 862. The smallest absolute Gasteiger partial charge is 0.0237 e. The quantitative estimate of drug-likeness (QED) is 0.259.